The van der Waals surface area contributed by atoms with Gasteiger partial charge in [0.05, 0.1) is 12.1 Å². The number of thiazole rings is 1. The third-order valence-electron chi connectivity index (χ3n) is 3.53. The number of hydrogen-bond acceptors (Lipinski definition) is 5. The van der Waals surface area contributed by atoms with Gasteiger partial charge in [-0.15, -0.1) is 11.3 Å². The summed E-state index contributed by atoms with van der Waals surface area (Å²) in [6.07, 6.45) is 4.31. The van der Waals surface area contributed by atoms with Gasteiger partial charge in [0.1, 0.15) is 5.69 Å². The Hall–Kier alpha value is -0.980. The van der Waals surface area contributed by atoms with Gasteiger partial charge in [0.2, 0.25) is 0 Å². The number of nitrogens with zero attached hydrogens (tertiary/aromatic N) is 2. The number of aromatic nitrogens is 1. The number of unbranched alkanes of at least 4 members (excludes halogenated alkanes) is 1. The van der Waals surface area contributed by atoms with Crippen LogP contribution in [0.4, 0.5) is 0 Å². The Morgan fingerprint density at radius 2 is 2.47 bits per heavy atom. The third kappa shape index (κ3) is 4.26. The van der Waals surface area contributed by atoms with Crippen molar-refractivity contribution in [3.63, 3.8) is 0 Å². The molecule has 1 aliphatic rings. The lowest BCUT2D eigenvalue weighted by atomic mass is 10.2. The molecule has 0 bridgehead atoms. The Bertz CT molecular complexity index is 383. The molecule has 0 radical (unpaired) electrons. The number of aliphatic hydroxyl groups excluding tert-OH is 1. The fourth-order valence-corrected chi connectivity index (χ4v) is 2.99. The molecule has 0 aliphatic carbocycles. The van der Waals surface area contributed by atoms with Gasteiger partial charge in [-0.25, -0.2) is 4.98 Å². The van der Waals surface area contributed by atoms with Crippen molar-refractivity contribution in [2.24, 2.45) is 0 Å². The van der Waals surface area contributed by atoms with Gasteiger partial charge in [0.15, 0.2) is 0 Å². The van der Waals surface area contributed by atoms with Crippen molar-refractivity contribution in [1.29, 1.82) is 0 Å². The number of hydrogen-bond donors (Lipinski definition) is 2. The van der Waals surface area contributed by atoms with Gasteiger partial charge >= 0.3 is 0 Å². The maximum absolute atomic E-state index is 11.6. The van der Waals surface area contributed by atoms with Crippen molar-refractivity contribution in [2.75, 3.05) is 26.2 Å². The molecule has 1 aromatic rings. The van der Waals surface area contributed by atoms with Gasteiger partial charge in [-0.1, -0.05) is 0 Å². The first-order valence-electron chi connectivity index (χ1n) is 6.82. The third-order valence-corrected chi connectivity index (χ3v) is 4.12. The van der Waals surface area contributed by atoms with Crippen molar-refractivity contribution >= 4 is 17.2 Å². The zero-order chi connectivity index (χ0) is 13.5. The SMILES string of the molecule is O=C(NCCCCN1CCCC1CO)c1cscn1. The summed E-state index contributed by atoms with van der Waals surface area (Å²) in [6.45, 7) is 3.06. The predicted octanol–water partition coefficient (Wildman–Crippen LogP) is 1.11. The van der Waals surface area contributed by atoms with Gasteiger partial charge in [-0.2, -0.15) is 0 Å². The Morgan fingerprint density at radius 1 is 1.58 bits per heavy atom. The van der Waals surface area contributed by atoms with E-state index in [1.54, 1.807) is 10.9 Å². The summed E-state index contributed by atoms with van der Waals surface area (Å²) in [5.41, 5.74) is 2.17. The minimum atomic E-state index is -0.0874. The molecule has 19 heavy (non-hydrogen) atoms. The van der Waals surface area contributed by atoms with Crippen LogP contribution in [0.3, 0.4) is 0 Å². The summed E-state index contributed by atoms with van der Waals surface area (Å²) >= 11 is 1.43. The zero-order valence-corrected chi connectivity index (χ0v) is 11.9. The van der Waals surface area contributed by atoms with Crippen LogP contribution in [0.15, 0.2) is 10.9 Å². The van der Waals surface area contributed by atoms with Crippen LogP contribution in [-0.4, -0.2) is 53.2 Å². The minimum Gasteiger partial charge on any atom is -0.395 e. The number of carbonyl (C=O) groups excluding carboxylic acids is 1. The van der Waals surface area contributed by atoms with Crippen LogP contribution in [-0.2, 0) is 0 Å². The van der Waals surface area contributed by atoms with Gasteiger partial charge < -0.3 is 10.4 Å². The molecule has 6 heteroatoms. The van der Waals surface area contributed by atoms with E-state index in [1.165, 1.54) is 17.8 Å². The molecule has 1 atom stereocenters. The number of rotatable bonds is 7. The van der Waals surface area contributed by atoms with Crippen molar-refractivity contribution in [3.05, 3.63) is 16.6 Å². The highest BCUT2D eigenvalue weighted by Gasteiger charge is 2.22. The lowest BCUT2D eigenvalue weighted by Gasteiger charge is -2.22. The largest absolute Gasteiger partial charge is 0.395 e. The normalized spacial score (nSPS) is 19.7. The molecule has 5 nitrogen and oxygen atoms in total. The second kappa shape index (κ2) is 7.57. The number of likely N-dealkylation sites (tertiary alicyclic amines) is 1. The maximum atomic E-state index is 11.6. The Morgan fingerprint density at radius 3 is 3.21 bits per heavy atom. The van der Waals surface area contributed by atoms with E-state index >= 15 is 0 Å². The standard InChI is InChI=1S/C13H21N3O2S/c17-8-11-4-3-7-16(11)6-2-1-5-14-13(18)12-9-19-10-15-12/h9-11,17H,1-8H2,(H,14,18). The summed E-state index contributed by atoms with van der Waals surface area (Å²) in [5.74, 6) is -0.0874. The number of nitrogens with one attached hydrogen (secondary N) is 1. The molecular formula is C13H21N3O2S. The molecule has 1 aromatic heterocycles. The minimum absolute atomic E-state index is 0.0874. The lowest BCUT2D eigenvalue weighted by Crippen LogP contribution is -2.33. The topological polar surface area (TPSA) is 65.5 Å². The summed E-state index contributed by atoms with van der Waals surface area (Å²) in [4.78, 5) is 17.9. The Labute approximate surface area is 117 Å². The first-order valence-corrected chi connectivity index (χ1v) is 7.77. The number of carbonyl (C=O) groups is 1. The Kier molecular flexibility index (Phi) is 5.75. The maximum Gasteiger partial charge on any atom is 0.270 e. The average Bonchev–Trinajstić information content (AvgIpc) is 3.09. The fraction of sp³-hybridized carbons (Fsp3) is 0.692. The molecule has 1 fully saturated rings. The van der Waals surface area contributed by atoms with Gasteiger partial charge in [0, 0.05) is 18.0 Å². The molecule has 1 saturated heterocycles. The van der Waals surface area contributed by atoms with E-state index in [1.807, 2.05) is 0 Å². The highest BCUT2D eigenvalue weighted by atomic mass is 32.1. The molecule has 2 rings (SSSR count). The summed E-state index contributed by atoms with van der Waals surface area (Å²) in [6, 6.07) is 0.351. The van der Waals surface area contributed by atoms with E-state index in [0.29, 0.717) is 18.3 Å². The van der Waals surface area contributed by atoms with Crippen LogP contribution in [0, 0.1) is 0 Å². The number of aliphatic hydroxyl groups is 1. The van der Waals surface area contributed by atoms with Crippen LogP contribution in [0.5, 0.6) is 0 Å². The second-order valence-corrected chi connectivity index (χ2v) is 5.57. The molecule has 106 valence electrons. The highest BCUT2D eigenvalue weighted by molar-refractivity contribution is 7.07. The van der Waals surface area contributed by atoms with Crippen molar-refractivity contribution in [2.45, 2.75) is 31.7 Å². The van der Waals surface area contributed by atoms with Crippen LogP contribution >= 0.6 is 11.3 Å². The summed E-state index contributed by atoms with van der Waals surface area (Å²) in [7, 11) is 0. The zero-order valence-electron chi connectivity index (χ0n) is 11.0. The molecule has 0 saturated carbocycles. The van der Waals surface area contributed by atoms with E-state index in [-0.39, 0.29) is 12.5 Å². The average molecular weight is 283 g/mol. The summed E-state index contributed by atoms with van der Waals surface area (Å²) < 4.78 is 0. The number of amides is 1. The van der Waals surface area contributed by atoms with Crippen molar-refractivity contribution in [3.8, 4) is 0 Å². The fourth-order valence-electron chi connectivity index (χ4n) is 2.45. The van der Waals surface area contributed by atoms with E-state index in [2.05, 4.69) is 15.2 Å². The molecule has 0 spiro atoms. The van der Waals surface area contributed by atoms with Crippen LogP contribution < -0.4 is 5.32 Å². The molecule has 1 amide bonds. The van der Waals surface area contributed by atoms with E-state index in [0.717, 1.165) is 32.4 Å². The van der Waals surface area contributed by atoms with Gasteiger partial charge in [0.25, 0.3) is 5.91 Å². The molecule has 1 unspecified atom stereocenters. The van der Waals surface area contributed by atoms with E-state index in [9.17, 15) is 9.90 Å². The lowest BCUT2D eigenvalue weighted by molar-refractivity contribution is 0.0948. The van der Waals surface area contributed by atoms with Crippen LogP contribution in [0.2, 0.25) is 0 Å². The molecular weight excluding hydrogens is 262 g/mol. The predicted molar refractivity (Wildman–Crippen MR) is 75.4 cm³/mol. The van der Waals surface area contributed by atoms with E-state index in [4.69, 9.17) is 0 Å². The molecule has 1 aliphatic heterocycles. The van der Waals surface area contributed by atoms with Crippen molar-refractivity contribution in [1.82, 2.24) is 15.2 Å². The van der Waals surface area contributed by atoms with E-state index < -0.39 is 0 Å². The monoisotopic (exact) mass is 283 g/mol. The quantitative estimate of drug-likeness (QED) is 0.736. The second-order valence-electron chi connectivity index (χ2n) is 4.85. The van der Waals surface area contributed by atoms with Gasteiger partial charge in [-0.3, -0.25) is 9.69 Å². The van der Waals surface area contributed by atoms with Crippen molar-refractivity contribution < 1.29 is 9.90 Å². The van der Waals surface area contributed by atoms with Crippen LogP contribution in [0.25, 0.3) is 0 Å². The van der Waals surface area contributed by atoms with Gasteiger partial charge in [-0.05, 0) is 38.8 Å². The smallest absolute Gasteiger partial charge is 0.270 e. The highest BCUT2D eigenvalue weighted by Crippen LogP contribution is 2.16. The Balaban J connectivity index is 1.56. The first-order chi connectivity index (χ1) is 9.31. The summed E-state index contributed by atoms with van der Waals surface area (Å²) in [5, 5.41) is 13.8. The first kappa shape index (κ1) is 14.4. The molecule has 0 aromatic carbocycles. The van der Waals surface area contributed by atoms with Crippen LogP contribution in [0.1, 0.15) is 36.2 Å². The molecule has 2 heterocycles. The molecule has 2 N–H and O–H groups in total.